The zero-order valence-electron chi connectivity index (χ0n) is 11.6. The summed E-state index contributed by atoms with van der Waals surface area (Å²) in [4.78, 5) is 15.3. The lowest BCUT2D eigenvalue weighted by Gasteiger charge is -2.09. The average molecular weight is 270 g/mol. The Labute approximate surface area is 118 Å². The van der Waals surface area contributed by atoms with Crippen molar-refractivity contribution in [3.05, 3.63) is 53.9 Å². The Morgan fingerprint density at radius 1 is 1.15 bits per heavy atom. The van der Waals surface area contributed by atoms with Crippen molar-refractivity contribution >= 4 is 17.4 Å². The SMILES string of the molecule is CNC(=O)Nc1ccc(NCc2cnccc2C)cc1. The minimum Gasteiger partial charge on any atom is -0.381 e. The van der Waals surface area contributed by atoms with Crippen molar-refractivity contribution < 1.29 is 4.79 Å². The van der Waals surface area contributed by atoms with E-state index in [0.29, 0.717) is 0 Å². The van der Waals surface area contributed by atoms with Crippen LogP contribution in [0.3, 0.4) is 0 Å². The minimum absolute atomic E-state index is 0.225. The maximum atomic E-state index is 11.2. The van der Waals surface area contributed by atoms with E-state index in [1.165, 1.54) is 11.1 Å². The fraction of sp³-hybridized carbons (Fsp3) is 0.200. The summed E-state index contributed by atoms with van der Waals surface area (Å²) in [5.41, 5.74) is 4.13. The Kier molecular flexibility index (Phi) is 4.55. The fourth-order valence-electron chi connectivity index (χ4n) is 1.74. The first kappa shape index (κ1) is 13.9. The van der Waals surface area contributed by atoms with E-state index in [2.05, 4.69) is 27.9 Å². The third-order valence-electron chi connectivity index (χ3n) is 3.00. The molecule has 3 N–H and O–H groups in total. The molecule has 0 fully saturated rings. The van der Waals surface area contributed by atoms with Crippen molar-refractivity contribution in [2.45, 2.75) is 13.5 Å². The highest BCUT2D eigenvalue weighted by Gasteiger charge is 2.00. The van der Waals surface area contributed by atoms with Gasteiger partial charge in [-0.1, -0.05) is 0 Å². The summed E-state index contributed by atoms with van der Waals surface area (Å²) in [5, 5.41) is 8.55. The van der Waals surface area contributed by atoms with Crippen LogP contribution in [0.15, 0.2) is 42.7 Å². The Balaban J connectivity index is 1.94. The molecule has 0 atom stereocenters. The largest absolute Gasteiger partial charge is 0.381 e. The first-order chi connectivity index (χ1) is 9.69. The van der Waals surface area contributed by atoms with Crippen LogP contribution in [0.2, 0.25) is 0 Å². The second kappa shape index (κ2) is 6.56. The standard InChI is InChI=1S/C15H18N4O/c1-11-7-8-17-9-12(11)10-18-13-3-5-14(6-4-13)19-15(20)16-2/h3-9,18H,10H2,1-2H3,(H2,16,19,20). The number of benzene rings is 1. The predicted molar refractivity (Wildman–Crippen MR) is 80.8 cm³/mol. The van der Waals surface area contributed by atoms with E-state index in [0.717, 1.165) is 17.9 Å². The predicted octanol–water partition coefficient (Wildman–Crippen LogP) is 2.75. The van der Waals surface area contributed by atoms with Gasteiger partial charge in [-0.2, -0.15) is 0 Å². The summed E-state index contributed by atoms with van der Waals surface area (Å²) in [6, 6.07) is 9.33. The number of hydrogen-bond acceptors (Lipinski definition) is 3. The smallest absolute Gasteiger partial charge is 0.318 e. The van der Waals surface area contributed by atoms with Crippen LogP contribution in [0.5, 0.6) is 0 Å². The molecule has 5 heteroatoms. The molecule has 0 aliphatic rings. The van der Waals surface area contributed by atoms with Gasteiger partial charge < -0.3 is 16.0 Å². The van der Waals surface area contributed by atoms with Crippen LogP contribution in [-0.4, -0.2) is 18.1 Å². The van der Waals surface area contributed by atoms with E-state index in [1.807, 2.05) is 36.5 Å². The first-order valence-corrected chi connectivity index (χ1v) is 6.41. The number of rotatable bonds is 4. The Hall–Kier alpha value is -2.56. The molecule has 1 aromatic carbocycles. The van der Waals surface area contributed by atoms with Gasteiger partial charge in [0.25, 0.3) is 0 Å². The van der Waals surface area contributed by atoms with E-state index in [1.54, 1.807) is 13.2 Å². The molecule has 5 nitrogen and oxygen atoms in total. The molecular formula is C15H18N4O. The Morgan fingerprint density at radius 3 is 2.50 bits per heavy atom. The molecule has 1 aromatic heterocycles. The van der Waals surface area contributed by atoms with Crippen LogP contribution in [0.1, 0.15) is 11.1 Å². The second-order valence-corrected chi connectivity index (χ2v) is 4.44. The van der Waals surface area contributed by atoms with Gasteiger partial charge in [0.2, 0.25) is 0 Å². The maximum Gasteiger partial charge on any atom is 0.318 e. The van der Waals surface area contributed by atoms with E-state index < -0.39 is 0 Å². The van der Waals surface area contributed by atoms with Gasteiger partial charge in [0, 0.05) is 37.4 Å². The number of aromatic nitrogens is 1. The Bertz CT molecular complexity index is 581. The van der Waals surface area contributed by atoms with Gasteiger partial charge in [0.15, 0.2) is 0 Å². The van der Waals surface area contributed by atoms with E-state index in [-0.39, 0.29) is 6.03 Å². The molecule has 2 amide bonds. The molecule has 20 heavy (non-hydrogen) atoms. The van der Waals surface area contributed by atoms with Gasteiger partial charge in [-0.05, 0) is 48.4 Å². The normalized spacial score (nSPS) is 9.90. The topological polar surface area (TPSA) is 66.1 Å². The molecule has 0 unspecified atom stereocenters. The van der Waals surface area contributed by atoms with Gasteiger partial charge in [-0.15, -0.1) is 0 Å². The molecule has 2 rings (SSSR count). The highest BCUT2D eigenvalue weighted by atomic mass is 16.2. The second-order valence-electron chi connectivity index (χ2n) is 4.44. The lowest BCUT2D eigenvalue weighted by Crippen LogP contribution is -2.24. The number of aryl methyl sites for hydroxylation is 1. The van der Waals surface area contributed by atoms with Gasteiger partial charge in [0.1, 0.15) is 0 Å². The number of urea groups is 1. The van der Waals surface area contributed by atoms with E-state index >= 15 is 0 Å². The molecule has 0 aliphatic heterocycles. The first-order valence-electron chi connectivity index (χ1n) is 6.41. The number of nitrogens with one attached hydrogen (secondary N) is 3. The van der Waals surface area contributed by atoms with Crippen LogP contribution in [0.25, 0.3) is 0 Å². The molecule has 1 heterocycles. The number of pyridine rings is 1. The van der Waals surface area contributed by atoms with Gasteiger partial charge >= 0.3 is 6.03 Å². The van der Waals surface area contributed by atoms with Gasteiger partial charge in [-0.25, -0.2) is 4.79 Å². The monoisotopic (exact) mass is 270 g/mol. The molecule has 0 saturated carbocycles. The quantitative estimate of drug-likeness (QED) is 0.800. The van der Waals surface area contributed by atoms with Gasteiger partial charge in [0.05, 0.1) is 0 Å². The van der Waals surface area contributed by atoms with Crippen molar-refractivity contribution in [2.75, 3.05) is 17.7 Å². The third-order valence-corrected chi connectivity index (χ3v) is 3.00. The van der Waals surface area contributed by atoms with Crippen LogP contribution in [0.4, 0.5) is 16.2 Å². The number of carbonyl (C=O) groups is 1. The third kappa shape index (κ3) is 3.71. The van der Waals surface area contributed by atoms with Gasteiger partial charge in [-0.3, -0.25) is 4.98 Å². The number of anilines is 2. The molecule has 0 bridgehead atoms. The van der Waals surface area contributed by atoms with E-state index in [9.17, 15) is 4.79 Å². The van der Waals surface area contributed by atoms with Crippen molar-refractivity contribution in [1.82, 2.24) is 10.3 Å². The molecule has 0 saturated heterocycles. The molecule has 2 aromatic rings. The minimum atomic E-state index is -0.225. The number of amides is 2. The number of carbonyl (C=O) groups excluding carboxylic acids is 1. The summed E-state index contributed by atoms with van der Waals surface area (Å²) in [6.45, 7) is 2.79. The lowest BCUT2D eigenvalue weighted by atomic mass is 10.1. The molecule has 0 radical (unpaired) electrons. The van der Waals surface area contributed by atoms with Crippen LogP contribution < -0.4 is 16.0 Å². The number of nitrogens with zero attached hydrogens (tertiary/aromatic N) is 1. The summed E-state index contributed by atoms with van der Waals surface area (Å²) >= 11 is 0. The van der Waals surface area contributed by atoms with Crippen molar-refractivity contribution in [3.63, 3.8) is 0 Å². The average Bonchev–Trinajstić information content (AvgIpc) is 2.48. The highest BCUT2D eigenvalue weighted by Crippen LogP contribution is 2.15. The molecule has 0 aliphatic carbocycles. The van der Waals surface area contributed by atoms with Crippen LogP contribution >= 0.6 is 0 Å². The summed E-state index contributed by atoms with van der Waals surface area (Å²) in [5.74, 6) is 0. The Morgan fingerprint density at radius 2 is 1.85 bits per heavy atom. The lowest BCUT2D eigenvalue weighted by molar-refractivity contribution is 0.254. The molecule has 104 valence electrons. The van der Waals surface area contributed by atoms with Crippen molar-refractivity contribution in [3.8, 4) is 0 Å². The molecule has 0 spiro atoms. The summed E-state index contributed by atoms with van der Waals surface area (Å²) < 4.78 is 0. The van der Waals surface area contributed by atoms with Crippen LogP contribution in [-0.2, 0) is 6.54 Å². The summed E-state index contributed by atoms with van der Waals surface area (Å²) in [6.07, 6.45) is 3.65. The summed E-state index contributed by atoms with van der Waals surface area (Å²) in [7, 11) is 1.58. The highest BCUT2D eigenvalue weighted by molar-refractivity contribution is 5.89. The van der Waals surface area contributed by atoms with Crippen LogP contribution in [0, 0.1) is 6.92 Å². The van der Waals surface area contributed by atoms with Crippen molar-refractivity contribution in [2.24, 2.45) is 0 Å². The van der Waals surface area contributed by atoms with Crippen molar-refractivity contribution in [1.29, 1.82) is 0 Å². The maximum absolute atomic E-state index is 11.2. The zero-order valence-corrected chi connectivity index (χ0v) is 11.6. The zero-order chi connectivity index (χ0) is 14.4. The molecular weight excluding hydrogens is 252 g/mol. The fourth-order valence-corrected chi connectivity index (χ4v) is 1.74. The van der Waals surface area contributed by atoms with E-state index in [4.69, 9.17) is 0 Å². The number of hydrogen-bond donors (Lipinski definition) is 3.